The number of carbonyl (C=O) groups is 1. The molecule has 1 aromatic heterocycles. The maximum absolute atomic E-state index is 12.6. The molecule has 1 unspecified atom stereocenters. The number of hydrogen-bond donors (Lipinski definition) is 1. The van der Waals surface area contributed by atoms with E-state index in [4.69, 9.17) is 16.3 Å². The first-order chi connectivity index (χ1) is 10.7. The number of rotatable bonds is 5. The number of nitrogens with zero attached hydrogens (tertiary/aromatic N) is 1. The maximum Gasteiger partial charge on any atom is 0.232 e. The minimum absolute atomic E-state index is 0.00297. The van der Waals surface area contributed by atoms with Crippen molar-refractivity contribution in [3.63, 3.8) is 0 Å². The Hall–Kier alpha value is -2.07. The molecule has 2 aromatic rings. The van der Waals surface area contributed by atoms with Crippen LogP contribution in [0.3, 0.4) is 0 Å². The number of benzene rings is 1. The fourth-order valence-corrected chi connectivity index (χ4v) is 2.66. The molecule has 1 saturated carbocycles. The van der Waals surface area contributed by atoms with Crippen molar-refractivity contribution in [2.75, 3.05) is 12.4 Å². The van der Waals surface area contributed by atoms with Crippen LogP contribution in [0.1, 0.15) is 24.3 Å². The van der Waals surface area contributed by atoms with E-state index in [1.54, 1.807) is 25.4 Å². The van der Waals surface area contributed by atoms with Gasteiger partial charge >= 0.3 is 0 Å². The molecule has 114 valence electrons. The molecule has 1 fully saturated rings. The average Bonchev–Trinajstić information content (AvgIpc) is 3.35. The van der Waals surface area contributed by atoms with E-state index in [0.717, 1.165) is 18.4 Å². The Balaban J connectivity index is 1.76. The molecule has 3 rings (SSSR count). The summed E-state index contributed by atoms with van der Waals surface area (Å²) in [6.45, 7) is 0. The van der Waals surface area contributed by atoms with Crippen LogP contribution in [0, 0.1) is 5.92 Å². The van der Waals surface area contributed by atoms with E-state index in [-0.39, 0.29) is 11.8 Å². The zero-order valence-electron chi connectivity index (χ0n) is 12.3. The minimum atomic E-state index is -0.139. The number of hydrogen-bond acceptors (Lipinski definition) is 3. The highest BCUT2D eigenvalue weighted by Gasteiger charge is 2.37. The molecule has 4 nitrogen and oxygen atoms in total. The summed E-state index contributed by atoms with van der Waals surface area (Å²) in [5.74, 6) is 0.790. The highest BCUT2D eigenvalue weighted by atomic mass is 35.5. The first kappa shape index (κ1) is 14.9. The van der Waals surface area contributed by atoms with Crippen LogP contribution in [0.2, 0.25) is 5.02 Å². The molecule has 1 aliphatic carbocycles. The monoisotopic (exact) mass is 316 g/mol. The van der Waals surface area contributed by atoms with Gasteiger partial charge in [-0.25, -0.2) is 4.98 Å². The predicted octanol–water partition coefficient (Wildman–Crippen LogP) is 3.88. The zero-order chi connectivity index (χ0) is 15.5. The van der Waals surface area contributed by atoms with E-state index in [0.29, 0.717) is 22.5 Å². The van der Waals surface area contributed by atoms with E-state index in [1.807, 2.05) is 24.3 Å². The molecular weight excluding hydrogens is 300 g/mol. The summed E-state index contributed by atoms with van der Waals surface area (Å²) in [6.07, 6.45) is 3.77. The molecule has 1 heterocycles. The fraction of sp³-hybridized carbons (Fsp3) is 0.294. The predicted molar refractivity (Wildman–Crippen MR) is 86.3 cm³/mol. The Morgan fingerprint density at radius 3 is 2.55 bits per heavy atom. The number of amides is 1. The Labute approximate surface area is 134 Å². The van der Waals surface area contributed by atoms with Crippen molar-refractivity contribution in [1.82, 2.24) is 4.98 Å². The van der Waals surface area contributed by atoms with E-state index in [2.05, 4.69) is 10.3 Å². The van der Waals surface area contributed by atoms with Crippen molar-refractivity contribution in [1.29, 1.82) is 0 Å². The number of anilines is 1. The highest BCUT2D eigenvalue weighted by molar-refractivity contribution is 6.30. The highest BCUT2D eigenvalue weighted by Crippen LogP contribution is 2.43. The zero-order valence-corrected chi connectivity index (χ0v) is 13.0. The van der Waals surface area contributed by atoms with Gasteiger partial charge in [0.05, 0.1) is 24.9 Å². The second-order valence-corrected chi connectivity index (χ2v) is 5.88. The van der Waals surface area contributed by atoms with Crippen LogP contribution in [0.25, 0.3) is 0 Å². The van der Waals surface area contributed by atoms with Crippen molar-refractivity contribution in [2.45, 2.75) is 18.8 Å². The summed E-state index contributed by atoms with van der Waals surface area (Å²) in [4.78, 5) is 16.7. The number of aromatic nitrogens is 1. The molecule has 0 radical (unpaired) electrons. The van der Waals surface area contributed by atoms with Crippen LogP contribution in [-0.2, 0) is 4.79 Å². The third kappa shape index (κ3) is 3.39. The smallest absolute Gasteiger partial charge is 0.232 e. The third-order valence-electron chi connectivity index (χ3n) is 3.82. The number of carbonyl (C=O) groups excluding carboxylic acids is 1. The number of nitrogens with one attached hydrogen (secondary N) is 1. The van der Waals surface area contributed by atoms with E-state index < -0.39 is 0 Å². The van der Waals surface area contributed by atoms with Crippen LogP contribution in [0.5, 0.6) is 5.88 Å². The molecule has 1 amide bonds. The first-order valence-corrected chi connectivity index (χ1v) is 7.61. The largest absolute Gasteiger partial charge is 0.481 e. The number of methoxy groups -OCH3 is 1. The van der Waals surface area contributed by atoms with E-state index in [1.165, 1.54) is 0 Å². The van der Waals surface area contributed by atoms with Crippen molar-refractivity contribution in [2.24, 2.45) is 5.92 Å². The van der Waals surface area contributed by atoms with Gasteiger partial charge in [-0.05, 0) is 42.5 Å². The van der Waals surface area contributed by atoms with Gasteiger partial charge in [-0.3, -0.25) is 4.79 Å². The molecular formula is C17H17ClN2O2. The summed E-state index contributed by atoms with van der Waals surface area (Å²) in [5, 5.41) is 3.62. The molecule has 0 bridgehead atoms. The lowest BCUT2D eigenvalue weighted by atomic mass is 9.93. The average molecular weight is 317 g/mol. The minimum Gasteiger partial charge on any atom is -0.481 e. The Bertz CT molecular complexity index is 651. The van der Waals surface area contributed by atoms with Crippen LogP contribution < -0.4 is 10.1 Å². The van der Waals surface area contributed by atoms with Crippen LogP contribution >= 0.6 is 11.6 Å². The molecule has 0 spiro atoms. The van der Waals surface area contributed by atoms with E-state index in [9.17, 15) is 4.79 Å². The normalized spacial score (nSPS) is 15.2. The second kappa shape index (κ2) is 6.36. The van der Waals surface area contributed by atoms with Gasteiger partial charge in [0.1, 0.15) is 0 Å². The maximum atomic E-state index is 12.6. The molecule has 22 heavy (non-hydrogen) atoms. The Morgan fingerprint density at radius 1 is 1.27 bits per heavy atom. The third-order valence-corrected chi connectivity index (χ3v) is 4.07. The first-order valence-electron chi connectivity index (χ1n) is 7.24. The van der Waals surface area contributed by atoms with Gasteiger partial charge in [-0.2, -0.15) is 0 Å². The number of halogens is 1. The van der Waals surface area contributed by atoms with Gasteiger partial charge in [0.2, 0.25) is 11.8 Å². The lowest BCUT2D eigenvalue weighted by Gasteiger charge is -2.17. The molecule has 1 aliphatic rings. The molecule has 1 atom stereocenters. The molecule has 1 aromatic carbocycles. The Kier molecular flexibility index (Phi) is 4.29. The molecule has 0 aliphatic heterocycles. The van der Waals surface area contributed by atoms with Gasteiger partial charge in [0, 0.05) is 11.1 Å². The summed E-state index contributed by atoms with van der Waals surface area (Å²) < 4.78 is 5.01. The summed E-state index contributed by atoms with van der Waals surface area (Å²) in [7, 11) is 1.56. The van der Waals surface area contributed by atoms with Gasteiger partial charge in [0.25, 0.3) is 0 Å². The van der Waals surface area contributed by atoms with E-state index >= 15 is 0 Å². The molecule has 5 heteroatoms. The molecule has 1 N–H and O–H groups in total. The van der Waals surface area contributed by atoms with Gasteiger partial charge in [0.15, 0.2) is 0 Å². The lowest BCUT2D eigenvalue weighted by molar-refractivity contribution is -0.118. The SMILES string of the molecule is COc1ccc(NC(=O)C(c2ccc(Cl)cc2)C2CC2)cn1. The van der Waals surface area contributed by atoms with Crippen molar-refractivity contribution in [3.05, 3.63) is 53.2 Å². The number of ether oxygens (including phenoxy) is 1. The van der Waals surface area contributed by atoms with Crippen LogP contribution in [0.15, 0.2) is 42.6 Å². The van der Waals surface area contributed by atoms with Gasteiger partial charge < -0.3 is 10.1 Å². The van der Waals surface area contributed by atoms with Crippen molar-refractivity contribution in [3.8, 4) is 5.88 Å². The quantitative estimate of drug-likeness (QED) is 0.910. The summed E-state index contributed by atoms with van der Waals surface area (Å²) >= 11 is 5.93. The van der Waals surface area contributed by atoms with Crippen LogP contribution in [0.4, 0.5) is 5.69 Å². The Morgan fingerprint density at radius 2 is 2.00 bits per heavy atom. The van der Waals surface area contributed by atoms with Gasteiger partial charge in [-0.15, -0.1) is 0 Å². The topological polar surface area (TPSA) is 51.2 Å². The lowest BCUT2D eigenvalue weighted by Crippen LogP contribution is -2.22. The standard InChI is InChI=1S/C17H17ClN2O2/c1-22-15-9-8-14(10-19-15)20-17(21)16(11-2-3-11)12-4-6-13(18)7-5-12/h4-11,16H,2-3H2,1H3,(H,20,21). The van der Waals surface area contributed by atoms with Crippen molar-refractivity contribution >= 4 is 23.2 Å². The second-order valence-electron chi connectivity index (χ2n) is 5.45. The summed E-state index contributed by atoms with van der Waals surface area (Å²) in [6, 6.07) is 11.0. The number of pyridine rings is 1. The summed E-state index contributed by atoms with van der Waals surface area (Å²) in [5.41, 5.74) is 1.68. The fourth-order valence-electron chi connectivity index (χ4n) is 2.53. The van der Waals surface area contributed by atoms with Crippen molar-refractivity contribution < 1.29 is 9.53 Å². The van der Waals surface area contributed by atoms with Crippen LogP contribution in [-0.4, -0.2) is 18.0 Å². The molecule has 0 saturated heterocycles. The van der Waals surface area contributed by atoms with Gasteiger partial charge in [-0.1, -0.05) is 23.7 Å².